The van der Waals surface area contributed by atoms with Gasteiger partial charge in [-0.3, -0.25) is 10.1 Å². The van der Waals surface area contributed by atoms with Crippen molar-refractivity contribution in [2.24, 2.45) is 0 Å². The lowest BCUT2D eigenvalue weighted by Crippen LogP contribution is -2.17. The maximum atomic E-state index is 12.1. The summed E-state index contributed by atoms with van der Waals surface area (Å²) < 4.78 is 45.3. The summed E-state index contributed by atoms with van der Waals surface area (Å²) in [5.74, 6) is -0.559. The van der Waals surface area contributed by atoms with E-state index in [9.17, 15) is 23.3 Å². The summed E-state index contributed by atoms with van der Waals surface area (Å²) >= 11 is 0. The second kappa shape index (κ2) is 5.70. The van der Waals surface area contributed by atoms with E-state index in [0.29, 0.717) is 0 Å². The molecular weight excluding hydrogens is 291 g/mol. The van der Waals surface area contributed by atoms with Crippen LogP contribution in [0.25, 0.3) is 0 Å². The number of halogens is 3. The number of rotatable bonds is 4. The number of nitro benzene ring substituents is 1. The molecule has 5 nitrogen and oxygen atoms in total. The third kappa shape index (κ3) is 4.10. The van der Waals surface area contributed by atoms with Crippen LogP contribution in [0.5, 0.6) is 17.2 Å². The van der Waals surface area contributed by atoms with Crippen LogP contribution in [0.4, 0.5) is 18.9 Å². The van der Waals surface area contributed by atoms with Gasteiger partial charge in [-0.05, 0) is 18.2 Å². The smallest absolute Gasteiger partial charge is 0.450 e. The number of ether oxygens (including phenoxy) is 2. The van der Waals surface area contributed by atoms with Crippen LogP contribution in [0.15, 0.2) is 48.5 Å². The van der Waals surface area contributed by atoms with Gasteiger partial charge in [0.05, 0.1) is 4.92 Å². The predicted molar refractivity (Wildman–Crippen MR) is 66.3 cm³/mol. The molecule has 0 saturated carbocycles. The molecule has 2 aromatic carbocycles. The van der Waals surface area contributed by atoms with Gasteiger partial charge in [-0.25, -0.2) is 0 Å². The molecule has 21 heavy (non-hydrogen) atoms. The van der Waals surface area contributed by atoms with E-state index in [4.69, 9.17) is 4.74 Å². The Kier molecular flexibility index (Phi) is 3.97. The van der Waals surface area contributed by atoms with Gasteiger partial charge in [0.1, 0.15) is 11.5 Å². The minimum atomic E-state index is -4.82. The first-order valence-corrected chi connectivity index (χ1v) is 5.62. The van der Waals surface area contributed by atoms with Gasteiger partial charge >= 0.3 is 12.0 Å². The summed E-state index contributed by atoms with van der Waals surface area (Å²) in [7, 11) is 0. The van der Waals surface area contributed by atoms with E-state index in [1.807, 2.05) is 0 Å². The molecule has 2 aromatic rings. The highest BCUT2D eigenvalue weighted by molar-refractivity contribution is 5.48. The van der Waals surface area contributed by atoms with Gasteiger partial charge in [0, 0.05) is 12.1 Å². The summed E-state index contributed by atoms with van der Waals surface area (Å²) in [6, 6.07) is 10.3. The average molecular weight is 299 g/mol. The Bertz CT molecular complexity index is 658. The highest BCUT2D eigenvalue weighted by Gasteiger charge is 2.31. The van der Waals surface area contributed by atoms with E-state index in [1.54, 1.807) is 0 Å². The van der Waals surface area contributed by atoms with Crippen LogP contribution in [0, 0.1) is 10.1 Å². The van der Waals surface area contributed by atoms with Crippen molar-refractivity contribution in [3.63, 3.8) is 0 Å². The van der Waals surface area contributed by atoms with Crippen LogP contribution < -0.4 is 9.47 Å². The van der Waals surface area contributed by atoms with Crippen molar-refractivity contribution in [1.29, 1.82) is 0 Å². The van der Waals surface area contributed by atoms with E-state index in [2.05, 4.69) is 4.74 Å². The standard InChI is InChI=1S/C13H8F3NO4/c14-13(15,16)21-10-5-3-4-9(8-10)20-12-7-2-1-6-11(12)17(18)19/h1-8H. The van der Waals surface area contributed by atoms with Gasteiger partial charge in [-0.2, -0.15) is 0 Å². The van der Waals surface area contributed by atoms with E-state index < -0.39 is 17.0 Å². The lowest BCUT2D eigenvalue weighted by Gasteiger charge is -2.10. The molecule has 0 saturated heterocycles. The molecule has 2 rings (SSSR count). The van der Waals surface area contributed by atoms with Crippen LogP contribution in [0.3, 0.4) is 0 Å². The molecule has 0 aromatic heterocycles. The van der Waals surface area contributed by atoms with Crippen LogP contribution in [0.2, 0.25) is 0 Å². The first-order valence-electron chi connectivity index (χ1n) is 5.62. The summed E-state index contributed by atoms with van der Waals surface area (Å²) in [5.41, 5.74) is -0.292. The molecule has 0 aliphatic heterocycles. The Morgan fingerprint density at radius 1 is 1.00 bits per heavy atom. The van der Waals surface area contributed by atoms with Crippen molar-refractivity contribution >= 4 is 5.69 Å². The Labute approximate surface area is 116 Å². The van der Waals surface area contributed by atoms with Gasteiger partial charge in [0.15, 0.2) is 0 Å². The fourth-order valence-electron chi connectivity index (χ4n) is 1.56. The summed E-state index contributed by atoms with van der Waals surface area (Å²) in [6.45, 7) is 0. The number of nitro groups is 1. The van der Waals surface area contributed by atoms with Crippen molar-refractivity contribution in [3.8, 4) is 17.2 Å². The second-order valence-electron chi connectivity index (χ2n) is 3.85. The summed E-state index contributed by atoms with van der Waals surface area (Å²) in [6.07, 6.45) is -4.82. The molecule has 0 atom stereocenters. The van der Waals surface area contributed by atoms with Gasteiger partial charge < -0.3 is 9.47 Å². The SMILES string of the molecule is O=[N+]([O-])c1ccccc1Oc1cccc(OC(F)(F)F)c1. The van der Waals surface area contributed by atoms with E-state index >= 15 is 0 Å². The molecule has 110 valence electrons. The predicted octanol–water partition coefficient (Wildman–Crippen LogP) is 4.29. The molecular formula is C13H8F3NO4. The van der Waals surface area contributed by atoms with Crippen LogP contribution in [-0.2, 0) is 0 Å². The first kappa shape index (κ1) is 14.6. The third-order valence-corrected chi connectivity index (χ3v) is 2.33. The maximum absolute atomic E-state index is 12.1. The van der Waals surface area contributed by atoms with E-state index in [-0.39, 0.29) is 17.2 Å². The monoisotopic (exact) mass is 299 g/mol. The minimum absolute atomic E-state index is 0.00829. The lowest BCUT2D eigenvalue weighted by atomic mass is 10.3. The number of hydrogen-bond acceptors (Lipinski definition) is 4. The van der Waals surface area contributed by atoms with Gasteiger partial charge in [0.25, 0.3) is 0 Å². The van der Waals surface area contributed by atoms with Crippen LogP contribution >= 0.6 is 0 Å². The van der Waals surface area contributed by atoms with Gasteiger partial charge in [0.2, 0.25) is 5.75 Å². The molecule has 0 bridgehead atoms. The van der Waals surface area contributed by atoms with Crippen LogP contribution in [-0.4, -0.2) is 11.3 Å². The number of benzene rings is 2. The van der Waals surface area contributed by atoms with Crippen molar-refractivity contribution in [3.05, 3.63) is 58.6 Å². The molecule has 0 amide bonds. The topological polar surface area (TPSA) is 61.6 Å². The van der Waals surface area contributed by atoms with E-state index in [0.717, 1.165) is 12.1 Å². The molecule has 0 N–H and O–H groups in total. The summed E-state index contributed by atoms with van der Waals surface area (Å²) in [5, 5.41) is 10.8. The van der Waals surface area contributed by atoms with Crippen molar-refractivity contribution in [2.45, 2.75) is 6.36 Å². The Hall–Kier alpha value is -2.77. The summed E-state index contributed by atoms with van der Waals surface area (Å²) in [4.78, 5) is 10.2. The van der Waals surface area contributed by atoms with Crippen molar-refractivity contribution < 1.29 is 27.6 Å². The minimum Gasteiger partial charge on any atom is -0.450 e. The van der Waals surface area contributed by atoms with E-state index in [1.165, 1.54) is 36.4 Å². The largest absolute Gasteiger partial charge is 0.573 e. The molecule has 0 aliphatic carbocycles. The van der Waals surface area contributed by atoms with Gasteiger partial charge in [-0.15, -0.1) is 13.2 Å². The number of alkyl halides is 3. The van der Waals surface area contributed by atoms with Crippen molar-refractivity contribution in [2.75, 3.05) is 0 Å². The Morgan fingerprint density at radius 3 is 2.33 bits per heavy atom. The Morgan fingerprint density at radius 2 is 1.67 bits per heavy atom. The molecule has 0 unspecified atom stereocenters. The third-order valence-electron chi connectivity index (χ3n) is 2.33. The highest BCUT2D eigenvalue weighted by Crippen LogP contribution is 2.33. The second-order valence-corrected chi connectivity index (χ2v) is 3.85. The van der Waals surface area contributed by atoms with Crippen molar-refractivity contribution in [1.82, 2.24) is 0 Å². The zero-order valence-electron chi connectivity index (χ0n) is 10.3. The highest BCUT2D eigenvalue weighted by atomic mass is 19.4. The van der Waals surface area contributed by atoms with Gasteiger partial charge in [-0.1, -0.05) is 18.2 Å². The number of para-hydroxylation sites is 2. The molecule has 0 heterocycles. The number of hydrogen-bond donors (Lipinski definition) is 0. The average Bonchev–Trinajstić information content (AvgIpc) is 2.37. The maximum Gasteiger partial charge on any atom is 0.573 e. The van der Waals surface area contributed by atoms with Crippen LogP contribution in [0.1, 0.15) is 0 Å². The Balaban J connectivity index is 2.25. The fraction of sp³-hybridized carbons (Fsp3) is 0.0769. The normalized spacial score (nSPS) is 11.0. The number of nitrogens with zero attached hydrogens (tertiary/aromatic N) is 1. The molecule has 0 fully saturated rings. The zero-order valence-corrected chi connectivity index (χ0v) is 10.3. The first-order chi connectivity index (χ1) is 9.85. The molecule has 0 aliphatic rings. The fourth-order valence-corrected chi connectivity index (χ4v) is 1.56. The molecule has 0 radical (unpaired) electrons. The molecule has 0 spiro atoms. The lowest BCUT2D eigenvalue weighted by molar-refractivity contribution is -0.385. The quantitative estimate of drug-likeness (QED) is 0.624. The zero-order chi connectivity index (χ0) is 15.5. The molecule has 8 heteroatoms.